The first kappa shape index (κ1) is 17.1. The number of anilines is 1. The average Bonchev–Trinajstić information content (AvgIpc) is 3.06. The van der Waals surface area contributed by atoms with Crippen LogP contribution in [0.3, 0.4) is 0 Å². The van der Waals surface area contributed by atoms with E-state index in [4.69, 9.17) is 0 Å². The highest BCUT2D eigenvalue weighted by Gasteiger charge is 2.07. The van der Waals surface area contributed by atoms with Crippen LogP contribution in [-0.4, -0.2) is 23.1 Å². The van der Waals surface area contributed by atoms with Crippen LogP contribution in [0, 0.1) is 11.3 Å². The fourth-order valence-corrected chi connectivity index (χ4v) is 3.44. The van der Waals surface area contributed by atoms with Gasteiger partial charge in [-0.2, -0.15) is 5.26 Å². The molecule has 1 aromatic heterocycles. The van der Waals surface area contributed by atoms with Crippen LogP contribution < -0.4 is 4.90 Å². The van der Waals surface area contributed by atoms with Crippen LogP contribution in [0.1, 0.15) is 19.4 Å². The molecule has 25 heavy (non-hydrogen) atoms. The third kappa shape index (κ3) is 4.04. The minimum absolute atomic E-state index is 0.606. The van der Waals surface area contributed by atoms with Gasteiger partial charge in [0.15, 0.2) is 5.16 Å². The highest BCUT2D eigenvalue weighted by atomic mass is 32.2. The number of fused-ring (bicyclic) bond motifs is 1. The number of hydrogen-bond acceptors (Lipinski definition) is 4. The molecule has 0 aliphatic carbocycles. The maximum Gasteiger partial charge on any atom is 0.171 e. The van der Waals surface area contributed by atoms with E-state index in [0.29, 0.717) is 4.91 Å². The normalized spacial score (nSPS) is 11.5. The van der Waals surface area contributed by atoms with Gasteiger partial charge in [-0.05, 0) is 61.5 Å². The van der Waals surface area contributed by atoms with E-state index in [2.05, 4.69) is 46.9 Å². The number of hydrogen-bond donors (Lipinski definition) is 1. The van der Waals surface area contributed by atoms with Gasteiger partial charge in [0.05, 0.1) is 15.9 Å². The smallest absolute Gasteiger partial charge is 0.171 e. The zero-order valence-electron chi connectivity index (χ0n) is 14.4. The summed E-state index contributed by atoms with van der Waals surface area (Å²) in [5.41, 5.74) is 4.10. The van der Waals surface area contributed by atoms with Gasteiger partial charge in [0.25, 0.3) is 0 Å². The molecule has 5 heteroatoms. The molecule has 0 amide bonds. The molecule has 1 N–H and O–H groups in total. The topological polar surface area (TPSA) is 55.7 Å². The Morgan fingerprint density at radius 3 is 2.52 bits per heavy atom. The molecular weight excluding hydrogens is 328 g/mol. The Balaban J connectivity index is 1.79. The van der Waals surface area contributed by atoms with Gasteiger partial charge >= 0.3 is 0 Å². The number of H-pyrrole nitrogens is 1. The number of thioether (sulfide) groups is 1. The Bertz CT molecular complexity index is 882. The third-order valence-corrected chi connectivity index (χ3v) is 4.82. The number of nitriles is 1. The van der Waals surface area contributed by atoms with Crippen LogP contribution in [0.2, 0.25) is 0 Å². The second kappa shape index (κ2) is 7.91. The molecule has 0 radical (unpaired) electrons. The first-order valence-corrected chi connectivity index (χ1v) is 9.14. The molecule has 0 spiro atoms. The molecule has 0 aliphatic rings. The van der Waals surface area contributed by atoms with Crippen molar-refractivity contribution < 1.29 is 0 Å². The predicted molar refractivity (Wildman–Crippen MR) is 106 cm³/mol. The standard InChI is InChI=1S/C20H20N4S/c1-3-24(4-2)16-11-9-15(10-12-16)13-17(14-21)25-20-22-18-7-5-6-8-19(18)23-20/h5-13H,3-4H2,1-2H3,(H,22,23)/b17-13+. The lowest BCUT2D eigenvalue weighted by Crippen LogP contribution is -2.21. The molecule has 3 rings (SSSR count). The van der Waals surface area contributed by atoms with E-state index in [-0.39, 0.29) is 0 Å². The van der Waals surface area contributed by atoms with Crippen LogP contribution in [0.5, 0.6) is 0 Å². The lowest BCUT2D eigenvalue weighted by atomic mass is 10.2. The summed E-state index contributed by atoms with van der Waals surface area (Å²) in [6, 6.07) is 18.4. The predicted octanol–water partition coefficient (Wildman–Crippen LogP) is 5.07. The van der Waals surface area contributed by atoms with Crippen molar-refractivity contribution in [2.24, 2.45) is 0 Å². The number of imidazole rings is 1. The van der Waals surface area contributed by atoms with E-state index in [1.54, 1.807) is 0 Å². The van der Waals surface area contributed by atoms with E-state index in [1.165, 1.54) is 17.4 Å². The largest absolute Gasteiger partial charge is 0.372 e. The van der Waals surface area contributed by atoms with Crippen molar-refractivity contribution in [3.05, 3.63) is 59.0 Å². The van der Waals surface area contributed by atoms with Gasteiger partial charge in [-0.15, -0.1) is 0 Å². The second-order valence-corrected chi connectivity index (χ2v) is 6.58. The van der Waals surface area contributed by atoms with Gasteiger partial charge in [0, 0.05) is 18.8 Å². The molecule has 4 nitrogen and oxygen atoms in total. The Labute approximate surface area is 152 Å². The van der Waals surface area contributed by atoms with E-state index < -0.39 is 0 Å². The summed E-state index contributed by atoms with van der Waals surface area (Å²) >= 11 is 1.35. The number of benzene rings is 2. The van der Waals surface area contributed by atoms with Gasteiger partial charge in [-0.3, -0.25) is 0 Å². The molecule has 0 fully saturated rings. The molecule has 3 aromatic rings. The lowest BCUT2D eigenvalue weighted by Gasteiger charge is -2.20. The summed E-state index contributed by atoms with van der Waals surface area (Å²) < 4.78 is 0. The minimum atomic E-state index is 0.606. The van der Waals surface area contributed by atoms with Crippen LogP contribution in [-0.2, 0) is 0 Å². The van der Waals surface area contributed by atoms with Crippen LogP contribution in [0.15, 0.2) is 58.6 Å². The first-order chi connectivity index (χ1) is 12.2. The summed E-state index contributed by atoms with van der Waals surface area (Å²) in [6.45, 7) is 6.26. The maximum atomic E-state index is 9.45. The van der Waals surface area contributed by atoms with Crippen molar-refractivity contribution >= 4 is 34.6 Å². The van der Waals surface area contributed by atoms with E-state index in [9.17, 15) is 5.26 Å². The molecule has 126 valence electrons. The van der Waals surface area contributed by atoms with E-state index >= 15 is 0 Å². The number of para-hydroxylation sites is 2. The molecule has 0 unspecified atom stereocenters. The molecule has 1 heterocycles. The highest BCUT2D eigenvalue weighted by Crippen LogP contribution is 2.27. The molecule has 0 atom stereocenters. The molecular formula is C20H20N4S. The number of nitrogens with zero attached hydrogens (tertiary/aromatic N) is 3. The Hall–Kier alpha value is -2.71. The van der Waals surface area contributed by atoms with Crippen LogP contribution in [0.4, 0.5) is 5.69 Å². The zero-order valence-corrected chi connectivity index (χ0v) is 15.2. The minimum Gasteiger partial charge on any atom is -0.372 e. The third-order valence-electron chi connectivity index (χ3n) is 4.00. The molecule has 0 saturated heterocycles. The van der Waals surface area contributed by atoms with Crippen molar-refractivity contribution in [2.45, 2.75) is 19.0 Å². The zero-order chi connectivity index (χ0) is 17.6. The fraction of sp³-hybridized carbons (Fsp3) is 0.200. The molecule has 0 aliphatic heterocycles. The number of aromatic amines is 1. The first-order valence-electron chi connectivity index (χ1n) is 8.33. The summed E-state index contributed by atoms with van der Waals surface area (Å²) in [4.78, 5) is 10.6. The number of rotatable bonds is 6. The summed E-state index contributed by atoms with van der Waals surface area (Å²) in [6.07, 6.45) is 1.89. The van der Waals surface area contributed by atoms with Gasteiger partial charge in [-0.1, -0.05) is 24.3 Å². The summed E-state index contributed by atoms with van der Waals surface area (Å²) in [5.74, 6) is 0. The highest BCUT2D eigenvalue weighted by molar-refractivity contribution is 8.03. The van der Waals surface area contributed by atoms with Crippen molar-refractivity contribution in [3.8, 4) is 6.07 Å². The van der Waals surface area contributed by atoms with Gasteiger partial charge in [0.2, 0.25) is 0 Å². The monoisotopic (exact) mass is 348 g/mol. The van der Waals surface area contributed by atoms with Crippen LogP contribution in [0.25, 0.3) is 17.1 Å². The van der Waals surface area contributed by atoms with Crippen LogP contribution >= 0.6 is 11.8 Å². The van der Waals surface area contributed by atoms with Crippen molar-refractivity contribution in [1.29, 1.82) is 5.26 Å². The SMILES string of the molecule is CCN(CC)c1ccc(/C=C(\C#N)Sc2nc3ccccc3[nH]2)cc1. The molecule has 2 aromatic carbocycles. The summed E-state index contributed by atoms with van der Waals surface area (Å²) in [7, 11) is 0. The number of nitrogens with one attached hydrogen (secondary N) is 1. The lowest BCUT2D eigenvalue weighted by molar-refractivity contribution is 0.866. The Kier molecular flexibility index (Phi) is 5.42. The summed E-state index contributed by atoms with van der Waals surface area (Å²) in [5, 5.41) is 10.2. The number of allylic oxidation sites excluding steroid dienone is 1. The van der Waals surface area contributed by atoms with E-state index in [0.717, 1.165) is 34.8 Å². The van der Waals surface area contributed by atoms with Gasteiger partial charge in [-0.25, -0.2) is 4.98 Å². The van der Waals surface area contributed by atoms with Gasteiger partial charge < -0.3 is 9.88 Å². The second-order valence-electron chi connectivity index (χ2n) is 5.55. The Morgan fingerprint density at radius 1 is 1.16 bits per heavy atom. The fourth-order valence-electron chi connectivity index (χ4n) is 2.69. The van der Waals surface area contributed by atoms with Gasteiger partial charge in [0.1, 0.15) is 6.07 Å². The van der Waals surface area contributed by atoms with Crippen molar-refractivity contribution in [2.75, 3.05) is 18.0 Å². The van der Waals surface area contributed by atoms with Crippen molar-refractivity contribution in [1.82, 2.24) is 9.97 Å². The van der Waals surface area contributed by atoms with Crippen molar-refractivity contribution in [3.63, 3.8) is 0 Å². The Morgan fingerprint density at radius 2 is 1.88 bits per heavy atom. The number of aromatic nitrogens is 2. The average molecular weight is 348 g/mol. The maximum absolute atomic E-state index is 9.45. The van der Waals surface area contributed by atoms with E-state index in [1.807, 2.05) is 42.5 Å². The molecule has 0 saturated carbocycles. The quantitative estimate of drug-likeness (QED) is 0.499. The molecule has 0 bridgehead atoms.